The molecule has 0 bridgehead atoms. The van der Waals surface area contributed by atoms with Crippen molar-refractivity contribution in [1.29, 1.82) is 0 Å². The smallest absolute Gasteiger partial charge is 0.122 e. The molecule has 1 aliphatic carbocycles. The number of rotatable bonds is 3. The number of nitrogens with two attached hydrogens (primary N) is 1. The molecular weight excluding hydrogens is 246 g/mol. The highest BCUT2D eigenvalue weighted by Crippen LogP contribution is 2.34. The summed E-state index contributed by atoms with van der Waals surface area (Å²) >= 11 is 0. The summed E-state index contributed by atoms with van der Waals surface area (Å²) in [6.07, 6.45) is 6.60. The monoisotopic (exact) mass is 269 g/mol. The van der Waals surface area contributed by atoms with E-state index in [2.05, 4.69) is 25.1 Å². The highest BCUT2D eigenvalue weighted by atomic mass is 35.5. The van der Waals surface area contributed by atoms with Crippen molar-refractivity contribution in [3.8, 4) is 5.75 Å². The predicted octanol–water partition coefficient (Wildman–Crippen LogP) is 4.01. The molecule has 0 amide bonds. The SMILES string of the molecule is COc1cc([C@@H](N)C2CCCCC2)ccc1C.Cl. The van der Waals surface area contributed by atoms with Crippen molar-refractivity contribution in [2.24, 2.45) is 11.7 Å². The maximum Gasteiger partial charge on any atom is 0.122 e. The summed E-state index contributed by atoms with van der Waals surface area (Å²) in [7, 11) is 1.72. The van der Waals surface area contributed by atoms with E-state index in [0.717, 1.165) is 5.75 Å². The highest BCUT2D eigenvalue weighted by molar-refractivity contribution is 5.85. The van der Waals surface area contributed by atoms with Gasteiger partial charge in [0, 0.05) is 6.04 Å². The van der Waals surface area contributed by atoms with Crippen LogP contribution in [0.2, 0.25) is 0 Å². The molecule has 2 N–H and O–H groups in total. The zero-order valence-corrected chi connectivity index (χ0v) is 12.1. The maximum absolute atomic E-state index is 6.39. The number of methoxy groups -OCH3 is 1. The number of hydrogen-bond donors (Lipinski definition) is 1. The topological polar surface area (TPSA) is 35.2 Å². The van der Waals surface area contributed by atoms with Gasteiger partial charge < -0.3 is 10.5 Å². The molecule has 0 heterocycles. The Labute approximate surface area is 116 Å². The zero-order chi connectivity index (χ0) is 12.3. The summed E-state index contributed by atoms with van der Waals surface area (Å²) in [6, 6.07) is 6.53. The van der Waals surface area contributed by atoms with E-state index in [4.69, 9.17) is 10.5 Å². The number of benzene rings is 1. The molecule has 0 aliphatic heterocycles. The van der Waals surface area contributed by atoms with Crippen LogP contribution in [0.5, 0.6) is 5.75 Å². The Bertz CT molecular complexity index is 375. The lowest BCUT2D eigenvalue weighted by Crippen LogP contribution is -2.23. The van der Waals surface area contributed by atoms with Gasteiger partial charge in [0.05, 0.1) is 7.11 Å². The average molecular weight is 270 g/mol. The van der Waals surface area contributed by atoms with Crippen LogP contribution in [0.4, 0.5) is 0 Å². The second kappa shape index (κ2) is 7.01. The lowest BCUT2D eigenvalue weighted by Gasteiger charge is -2.28. The maximum atomic E-state index is 6.39. The molecule has 1 atom stereocenters. The van der Waals surface area contributed by atoms with E-state index in [1.165, 1.54) is 43.2 Å². The molecule has 1 fully saturated rings. The van der Waals surface area contributed by atoms with Gasteiger partial charge in [-0.25, -0.2) is 0 Å². The summed E-state index contributed by atoms with van der Waals surface area (Å²) in [5.41, 5.74) is 8.78. The van der Waals surface area contributed by atoms with Crippen LogP contribution in [-0.4, -0.2) is 7.11 Å². The first-order chi connectivity index (χ1) is 8.22. The average Bonchev–Trinajstić information content (AvgIpc) is 2.39. The minimum Gasteiger partial charge on any atom is -0.496 e. The first-order valence-electron chi connectivity index (χ1n) is 6.62. The molecule has 1 aliphatic rings. The summed E-state index contributed by atoms with van der Waals surface area (Å²) in [6.45, 7) is 2.06. The van der Waals surface area contributed by atoms with Crippen molar-refractivity contribution in [3.63, 3.8) is 0 Å². The van der Waals surface area contributed by atoms with Crippen LogP contribution in [0.15, 0.2) is 18.2 Å². The van der Waals surface area contributed by atoms with E-state index in [1.54, 1.807) is 7.11 Å². The van der Waals surface area contributed by atoms with E-state index in [-0.39, 0.29) is 18.4 Å². The van der Waals surface area contributed by atoms with Crippen molar-refractivity contribution in [1.82, 2.24) is 0 Å². The quantitative estimate of drug-likeness (QED) is 0.900. The Morgan fingerprint density at radius 3 is 2.50 bits per heavy atom. The molecule has 2 rings (SSSR count). The van der Waals surface area contributed by atoms with Crippen molar-refractivity contribution < 1.29 is 4.74 Å². The lowest BCUT2D eigenvalue weighted by molar-refractivity contribution is 0.307. The van der Waals surface area contributed by atoms with Crippen LogP contribution >= 0.6 is 12.4 Å². The van der Waals surface area contributed by atoms with Crippen LogP contribution in [0, 0.1) is 12.8 Å². The molecule has 0 unspecified atom stereocenters. The van der Waals surface area contributed by atoms with Gasteiger partial charge in [-0.1, -0.05) is 31.4 Å². The first kappa shape index (κ1) is 15.3. The normalized spacial score (nSPS) is 17.9. The van der Waals surface area contributed by atoms with Crippen molar-refractivity contribution in [3.05, 3.63) is 29.3 Å². The van der Waals surface area contributed by atoms with Crippen molar-refractivity contribution in [2.45, 2.75) is 45.1 Å². The number of ether oxygens (including phenoxy) is 1. The third-order valence-electron chi connectivity index (χ3n) is 3.97. The van der Waals surface area contributed by atoms with E-state index < -0.39 is 0 Å². The molecule has 18 heavy (non-hydrogen) atoms. The van der Waals surface area contributed by atoms with Gasteiger partial charge in [0.2, 0.25) is 0 Å². The number of halogens is 1. The molecular formula is C15H24ClNO. The highest BCUT2D eigenvalue weighted by Gasteiger charge is 2.22. The molecule has 0 spiro atoms. The Hall–Kier alpha value is -0.730. The molecule has 102 valence electrons. The molecule has 0 radical (unpaired) electrons. The molecule has 1 saturated carbocycles. The van der Waals surface area contributed by atoms with Crippen LogP contribution < -0.4 is 10.5 Å². The van der Waals surface area contributed by atoms with Crippen molar-refractivity contribution in [2.75, 3.05) is 7.11 Å². The second-order valence-corrected chi connectivity index (χ2v) is 5.15. The summed E-state index contributed by atoms with van der Waals surface area (Å²) in [5.74, 6) is 1.60. The van der Waals surface area contributed by atoms with Gasteiger partial charge in [-0.3, -0.25) is 0 Å². The predicted molar refractivity (Wildman–Crippen MR) is 78.5 cm³/mol. The van der Waals surface area contributed by atoms with Crippen LogP contribution in [-0.2, 0) is 0 Å². The zero-order valence-electron chi connectivity index (χ0n) is 11.3. The number of hydrogen-bond acceptors (Lipinski definition) is 2. The molecule has 3 heteroatoms. The minimum atomic E-state index is 0. The molecule has 1 aromatic rings. The first-order valence-corrected chi connectivity index (χ1v) is 6.62. The van der Waals surface area contributed by atoms with E-state index in [0.29, 0.717) is 5.92 Å². The molecule has 0 saturated heterocycles. The van der Waals surface area contributed by atoms with Gasteiger partial charge in [-0.2, -0.15) is 0 Å². The van der Waals surface area contributed by atoms with E-state index in [9.17, 15) is 0 Å². The number of aryl methyl sites for hydroxylation is 1. The van der Waals surface area contributed by atoms with Crippen LogP contribution in [0.25, 0.3) is 0 Å². The molecule has 2 nitrogen and oxygen atoms in total. The van der Waals surface area contributed by atoms with Crippen LogP contribution in [0.1, 0.15) is 49.3 Å². The molecule has 1 aromatic carbocycles. The summed E-state index contributed by atoms with van der Waals surface area (Å²) in [5, 5.41) is 0. The summed E-state index contributed by atoms with van der Waals surface area (Å²) < 4.78 is 5.37. The minimum absolute atomic E-state index is 0. The van der Waals surface area contributed by atoms with Gasteiger partial charge in [-0.15, -0.1) is 12.4 Å². The fourth-order valence-electron chi connectivity index (χ4n) is 2.81. The van der Waals surface area contributed by atoms with Gasteiger partial charge in [0.25, 0.3) is 0 Å². The molecule has 0 aromatic heterocycles. The Morgan fingerprint density at radius 2 is 1.89 bits per heavy atom. The van der Waals surface area contributed by atoms with Gasteiger partial charge in [-0.05, 0) is 42.9 Å². The Kier molecular flexibility index (Phi) is 5.97. The third-order valence-corrected chi connectivity index (χ3v) is 3.97. The van der Waals surface area contributed by atoms with Gasteiger partial charge >= 0.3 is 0 Å². The van der Waals surface area contributed by atoms with E-state index >= 15 is 0 Å². The van der Waals surface area contributed by atoms with E-state index in [1.807, 2.05) is 0 Å². The standard InChI is InChI=1S/C15H23NO.ClH/c1-11-8-9-13(10-14(11)17-2)15(16)12-6-4-3-5-7-12;/h8-10,12,15H,3-7,16H2,1-2H3;1H/t15-;/m0./s1. The van der Waals surface area contributed by atoms with Crippen LogP contribution in [0.3, 0.4) is 0 Å². The van der Waals surface area contributed by atoms with Gasteiger partial charge in [0.15, 0.2) is 0 Å². The fourth-order valence-corrected chi connectivity index (χ4v) is 2.81. The fraction of sp³-hybridized carbons (Fsp3) is 0.600. The Balaban J connectivity index is 0.00000162. The second-order valence-electron chi connectivity index (χ2n) is 5.15. The largest absolute Gasteiger partial charge is 0.496 e. The summed E-state index contributed by atoms with van der Waals surface area (Å²) in [4.78, 5) is 0. The van der Waals surface area contributed by atoms with Crippen molar-refractivity contribution >= 4 is 12.4 Å². The third kappa shape index (κ3) is 3.39. The Morgan fingerprint density at radius 1 is 1.22 bits per heavy atom. The van der Waals surface area contributed by atoms with Gasteiger partial charge in [0.1, 0.15) is 5.75 Å². The lowest BCUT2D eigenvalue weighted by atomic mass is 9.81.